The minimum absolute atomic E-state index is 0.114. The fraction of sp³-hybridized carbons (Fsp3) is 0.455. The molecule has 3 atom stereocenters. The lowest BCUT2D eigenvalue weighted by Gasteiger charge is -2.37. The second-order valence-corrected chi connectivity index (χ2v) is 8.24. The molecule has 8 nitrogen and oxygen atoms in total. The van der Waals surface area contributed by atoms with Crippen molar-refractivity contribution >= 4 is 17.2 Å². The van der Waals surface area contributed by atoms with Crippen molar-refractivity contribution in [3.63, 3.8) is 0 Å². The topological polar surface area (TPSA) is 85.2 Å². The number of benzene rings is 1. The number of fused-ring (bicyclic) bond motifs is 2. The molecular formula is C22H26N6O2. The van der Waals surface area contributed by atoms with Crippen LogP contribution < -0.4 is 10.1 Å². The number of nitrogens with zero attached hydrogens (tertiary/aromatic N) is 5. The minimum atomic E-state index is -0.114. The second kappa shape index (κ2) is 7.36. The zero-order valence-corrected chi connectivity index (χ0v) is 17.5. The summed E-state index contributed by atoms with van der Waals surface area (Å²) >= 11 is 0. The van der Waals surface area contributed by atoms with Crippen LogP contribution in [-0.4, -0.2) is 63.6 Å². The standard InChI is InChI=1S/C22H26N6O2/c1-13-25-20-21(28(13)11-14-4-6-15(30-3)7-5-14)26-18(10-24-20)17-12-27(2)22(29)19-16(17)8-9-23-19/h4-7,10,16-17,19,23H,8-9,11-12H2,1-3H3. The monoisotopic (exact) mass is 406 g/mol. The van der Waals surface area contributed by atoms with Crippen LogP contribution >= 0.6 is 0 Å². The molecule has 2 saturated heterocycles. The highest BCUT2D eigenvalue weighted by Crippen LogP contribution is 2.37. The second-order valence-electron chi connectivity index (χ2n) is 8.24. The van der Waals surface area contributed by atoms with Gasteiger partial charge in [0.1, 0.15) is 11.6 Å². The van der Waals surface area contributed by atoms with E-state index in [4.69, 9.17) is 9.72 Å². The van der Waals surface area contributed by atoms with Crippen molar-refractivity contribution in [3.8, 4) is 5.75 Å². The predicted molar refractivity (Wildman–Crippen MR) is 112 cm³/mol. The molecule has 5 rings (SSSR count). The number of likely N-dealkylation sites (N-methyl/N-ethyl adjacent to an activating group) is 1. The lowest BCUT2D eigenvalue weighted by Crippen LogP contribution is -2.53. The number of rotatable bonds is 4. The Kier molecular flexibility index (Phi) is 4.66. The first-order valence-corrected chi connectivity index (χ1v) is 10.4. The largest absolute Gasteiger partial charge is 0.497 e. The van der Waals surface area contributed by atoms with Gasteiger partial charge in [-0.15, -0.1) is 0 Å². The van der Waals surface area contributed by atoms with Gasteiger partial charge in [0.15, 0.2) is 11.3 Å². The van der Waals surface area contributed by atoms with Crippen LogP contribution in [0.25, 0.3) is 11.3 Å². The fourth-order valence-electron chi connectivity index (χ4n) is 4.79. The zero-order chi connectivity index (χ0) is 20.8. The van der Waals surface area contributed by atoms with Gasteiger partial charge in [0.25, 0.3) is 0 Å². The quantitative estimate of drug-likeness (QED) is 0.710. The normalized spacial score (nSPS) is 23.8. The molecule has 4 heterocycles. The Morgan fingerprint density at radius 3 is 2.80 bits per heavy atom. The smallest absolute Gasteiger partial charge is 0.239 e. The van der Waals surface area contributed by atoms with Gasteiger partial charge in [-0.05, 0) is 43.5 Å². The van der Waals surface area contributed by atoms with Gasteiger partial charge >= 0.3 is 0 Å². The van der Waals surface area contributed by atoms with Crippen LogP contribution in [0.15, 0.2) is 30.5 Å². The molecular weight excluding hydrogens is 380 g/mol. The molecule has 3 aromatic rings. The summed E-state index contributed by atoms with van der Waals surface area (Å²) in [5.41, 5.74) is 3.54. The third kappa shape index (κ3) is 3.11. The van der Waals surface area contributed by atoms with Crippen molar-refractivity contribution in [3.05, 3.63) is 47.5 Å². The van der Waals surface area contributed by atoms with Crippen LogP contribution in [0.5, 0.6) is 5.75 Å². The average molecular weight is 406 g/mol. The van der Waals surface area contributed by atoms with Crippen molar-refractivity contribution in [2.75, 3.05) is 27.2 Å². The number of carbonyl (C=O) groups excluding carboxylic acids is 1. The fourth-order valence-corrected chi connectivity index (χ4v) is 4.79. The number of amides is 1. The van der Waals surface area contributed by atoms with Gasteiger partial charge in [0, 0.05) is 19.5 Å². The Morgan fingerprint density at radius 2 is 2.03 bits per heavy atom. The Hall–Kier alpha value is -3.00. The van der Waals surface area contributed by atoms with E-state index in [0.717, 1.165) is 41.4 Å². The summed E-state index contributed by atoms with van der Waals surface area (Å²) in [4.78, 5) is 28.6. The van der Waals surface area contributed by atoms with Crippen LogP contribution in [0.3, 0.4) is 0 Å². The van der Waals surface area contributed by atoms with Crippen molar-refractivity contribution < 1.29 is 9.53 Å². The van der Waals surface area contributed by atoms with Gasteiger partial charge in [0.05, 0.1) is 31.6 Å². The maximum Gasteiger partial charge on any atom is 0.239 e. The van der Waals surface area contributed by atoms with E-state index >= 15 is 0 Å². The number of carbonyl (C=O) groups is 1. The van der Waals surface area contributed by atoms with E-state index in [-0.39, 0.29) is 23.8 Å². The third-order valence-corrected chi connectivity index (χ3v) is 6.45. The molecule has 2 aliphatic heterocycles. The lowest BCUT2D eigenvalue weighted by atomic mass is 9.80. The molecule has 8 heteroatoms. The third-order valence-electron chi connectivity index (χ3n) is 6.45. The van der Waals surface area contributed by atoms with Gasteiger partial charge in [-0.1, -0.05) is 12.1 Å². The van der Waals surface area contributed by atoms with Crippen LogP contribution in [0.1, 0.15) is 29.4 Å². The van der Waals surface area contributed by atoms with E-state index in [9.17, 15) is 4.79 Å². The molecule has 1 N–H and O–H groups in total. The number of hydrogen-bond acceptors (Lipinski definition) is 6. The molecule has 0 aliphatic carbocycles. The van der Waals surface area contributed by atoms with Gasteiger partial charge in [-0.25, -0.2) is 15.0 Å². The van der Waals surface area contributed by atoms with Crippen molar-refractivity contribution in [1.29, 1.82) is 0 Å². The summed E-state index contributed by atoms with van der Waals surface area (Å²) in [6.45, 7) is 4.20. The molecule has 3 unspecified atom stereocenters. The lowest BCUT2D eigenvalue weighted by molar-refractivity contribution is -0.136. The van der Waals surface area contributed by atoms with E-state index < -0.39 is 0 Å². The number of nitrogens with one attached hydrogen (secondary N) is 1. The van der Waals surface area contributed by atoms with Gasteiger partial charge < -0.3 is 19.5 Å². The summed E-state index contributed by atoms with van der Waals surface area (Å²) < 4.78 is 7.36. The van der Waals surface area contributed by atoms with E-state index in [1.54, 1.807) is 7.11 Å². The molecule has 1 amide bonds. The highest BCUT2D eigenvalue weighted by atomic mass is 16.5. The first kappa shape index (κ1) is 19.0. The van der Waals surface area contributed by atoms with E-state index in [1.165, 1.54) is 0 Å². The zero-order valence-electron chi connectivity index (χ0n) is 17.5. The van der Waals surface area contributed by atoms with Gasteiger partial charge in [0.2, 0.25) is 5.91 Å². The van der Waals surface area contributed by atoms with Crippen LogP contribution in [0.4, 0.5) is 0 Å². The Labute approximate surface area is 175 Å². The van der Waals surface area contributed by atoms with E-state index in [1.807, 2.05) is 37.2 Å². The van der Waals surface area contributed by atoms with E-state index in [2.05, 4.69) is 32.0 Å². The number of methoxy groups -OCH3 is 1. The van der Waals surface area contributed by atoms with E-state index in [0.29, 0.717) is 18.7 Å². The van der Waals surface area contributed by atoms with Gasteiger partial charge in [-0.3, -0.25) is 4.79 Å². The van der Waals surface area contributed by atoms with Crippen LogP contribution in [0.2, 0.25) is 0 Å². The Bertz CT molecular complexity index is 1090. The highest BCUT2D eigenvalue weighted by Gasteiger charge is 2.45. The molecule has 30 heavy (non-hydrogen) atoms. The number of likely N-dealkylation sites (tertiary alicyclic amines) is 1. The average Bonchev–Trinajstić information content (AvgIpc) is 3.36. The van der Waals surface area contributed by atoms with Crippen molar-refractivity contribution in [2.45, 2.75) is 31.8 Å². The molecule has 0 bridgehead atoms. The summed E-state index contributed by atoms with van der Waals surface area (Å²) in [5, 5.41) is 3.37. The van der Waals surface area contributed by atoms with Crippen LogP contribution in [0, 0.1) is 12.8 Å². The Balaban J connectivity index is 1.50. The van der Waals surface area contributed by atoms with Crippen LogP contribution in [-0.2, 0) is 11.3 Å². The molecule has 2 aliphatic rings. The number of aryl methyl sites for hydroxylation is 1. The predicted octanol–water partition coefficient (Wildman–Crippen LogP) is 1.73. The maximum absolute atomic E-state index is 12.5. The van der Waals surface area contributed by atoms with Gasteiger partial charge in [-0.2, -0.15) is 0 Å². The number of aromatic nitrogens is 4. The number of piperidine rings is 1. The summed E-state index contributed by atoms with van der Waals surface area (Å²) in [6.07, 6.45) is 2.83. The Morgan fingerprint density at radius 1 is 1.23 bits per heavy atom. The molecule has 0 spiro atoms. The molecule has 2 fully saturated rings. The molecule has 156 valence electrons. The molecule has 2 aromatic heterocycles. The summed E-state index contributed by atoms with van der Waals surface area (Å²) in [6, 6.07) is 7.92. The SMILES string of the molecule is COc1ccc(Cn2c(C)nc3ncc(C4CN(C)C(=O)C5NCCC54)nc32)cc1. The minimum Gasteiger partial charge on any atom is -0.497 e. The number of ether oxygens (including phenoxy) is 1. The molecule has 1 aromatic carbocycles. The number of imidazole rings is 1. The summed E-state index contributed by atoms with van der Waals surface area (Å²) in [5.74, 6) is 2.34. The molecule has 0 radical (unpaired) electrons. The first-order valence-electron chi connectivity index (χ1n) is 10.4. The first-order chi connectivity index (χ1) is 14.5. The number of hydrogen-bond donors (Lipinski definition) is 1. The maximum atomic E-state index is 12.5. The van der Waals surface area contributed by atoms with Crippen molar-refractivity contribution in [1.82, 2.24) is 29.7 Å². The van der Waals surface area contributed by atoms with Crippen molar-refractivity contribution in [2.24, 2.45) is 5.92 Å². The highest BCUT2D eigenvalue weighted by molar-refractivity contribution is 5.83. The summed E-state index contributed by atoms with van der Waals surface area (Å²) in [7, 11) is 3.54. The molecule has 0 saturated carbocycles.